The lowest BCUT2D eigenvalue weighted by Gasteiger charge is -2.16. The third-order valence-corrected chi connectivity index (χ3v) is 4.31. The molecule has 1 atom stereocenters. The number of benzene rings is 2. The summed E-state index contributed by atoms with van der Waals surface area (Å²) in [5, 5.41) is 2.93. The summed E-state index contributed by atoms with van der Waals surface area (Å²) in [6.45, 7) is 5.70. The lowest BCUT2D eigenvalue weighted by molar-refractivity contribution is 0.0940. The minimum absolute atomic E-state index is 0.147. The van der Waals surface area contributed by atoms with Gasteiger partial charge in [0.1, 0.15) is 0 Å². The third-order valence-electron chi connectivity index (χ3n) is 3.72. The molecule has 0 aliphatic rings. The van der Waals surface area contributed by atoms with E-state index in [1.807, 2.05) is 38.1 Å². The Labute approximate surface area is 143 Å². The van der Waals surface area contributed by atoms with Gasteiger partial charge >= 0.3 is 0 Å². The normalized spacial score (nSPS) is 12.5. The maximum atomic E-state index is 12.4. The van der Waals surface area contributed by atoms with Crippen molar-refractivity contribution in [1.29, 1.82) is 0 Å². The molecule has 0 unspecified atom stereocenters. The maximum Gasteiger partial charge on any atom is 0.251 e. The van der Waals surface area contributed by atoms with E-state index < -0.39 is 10.0 Å². The predicted octanol–water partition coefficient (Wildman–Crippen LogP) is 3.17. The third kappa shape index (κ3) is 4.83. The number of amides is 1. The average Bonchev–Trinajstić information content (AvgIpc) is 2.48. The molecule has 0 aliphatic carbocycles. The molecule has 1 amide bonds. The van der Waals surface area contributed by atoms with Gasteiger partial charge in [0.25, 0.3) is 5.91 Å². The molecule has 0 heterocycles. The van der Waals surface area contributed by atoms with Crippen LogP contribution in [-0.2, 0) is 10.0 Å². The second-order valence-corrected chi connectivity index (χ2v) is 7.76. The van der Waals surface area contributed by atoms with Crippen LogP contribution in [0.1, 0.15) is 40.0 Å². The summed E-state index contributed by atoms with van der Waals surface area (Å²) < 4.78 is 25.3. The van der Waals surface area contributed by atoms with Gasteiger partial charge in [-0.25, -0.2) is 8.42 Å². The van der Waals surface area contributed by atoms with Crippen molar-refractivity contribution >= 4 is 21.6 Å². The minimum atomic E-state index is -3.39. The van der Waals surface area contributed by atoms with Gasteiger partial charge in [0.15, 0.2) is 0 Å². The van der Waals surface area contributed by atoms with Gasteiger partial charge in [-0.15, -0.1) is 0 Å². The zero-order valence-corrected chi connectivity index (χ0v) is 15.1. The lowest BCUT2D eigenvalue weighted by atomic mass is 10.1. The van der Waals surface area contributed by atoms with Crippen molar-refractivity contribution in [1.82, 2.24) is 5.32 Å². The molecule has 0 saturated carbocycles. The van der Waals surface area contributed by atoms with Crippen molar-refractivity contribution in [2.45, 2.75) is 26.8 Å². The van der Waals surface area contributed by atoms with Crippen LogP contribution in [-0.4, -0.2) is 20.6 Å². The quantitative estimate of drug-likeness (QED) is 0.873. The van der Waals surface area contributed by atoms with Gasteiger partial charge < -0.3 is 5.32 Å². The molecule has 128 valence electrons. The molecule has 2 N–H and O–H groups in total. The molecule has 5 nitrogen and oxygen atoms in total. The van der Waals surface area contributed by atoms with Gasteiger partial charge in [-0.1, -0.05) is 35.9 Å². The molecular weight excluding hydrogens is 324 g/mol. The summed E-state index contributed by atoms with van der Waals surface area (Å²) in [4.78, 5) is 12.4. The topological polar surface area (TPSA) is 75.3 Å². The van der Waals surface area contributed by atoms with Crippen molar-refractivity contribution in [2.75, 3.05) is 11.0 Å². The van der Waals surface area contributed by atoms with Crippen LogP contribution in [0.3, 0.4) is 0 Å². The highest BCUT2D eigenvalue weighted by Crippen LogP contribution is 2.19. The number of rotatable bonds is 5. The summed E-state index contributed by atoms with van der Waals surface area (Å²) in [7, 11) is -3.39. The van der Waals surface area contributed by atoms with E-state index in [1.165, 1.54) is 0 Å². The van der Waals surface area contributed by atoms with Crippen LogP contribution in [0, 0.1) is 13.8 Å². The second-order valence-electron chi connectivity index (χ2n) is 6.01. The summed E-state index contributed by atoms with van der Waals surface area (Å²) >= 11 is 0. The maximum absolute atomic E-state index is 12.4. The predicted molar refractivity (Wildman–Crippen MR) is 96.7 cm³/mol. The molecule has 2 rings (SSSR count). The Morgan fingerprint density at radius 2 is 1.67 bits per heavy atom. The lowest BCUT2D eigenvalue weighted by Crippen LogP contribution is -2.26. The van der Waals surface area contributed by atoms with Gasteiger partial charge in [0.2, 0.25) is 10.0 Å². The Morgan fingerprint density at radius 1 is 1.04 bits per heavy atom. The SMILES string of the molecule is Cc1ccc([C@H](C)NC(=O)c2ccc(C)c(NS(C)(=O)=O)c2)cc1. The Balaban J connectivity index is 2.17. The molecule has 0 aromatic heterocycles. The van der Waals surface area contributed by atoms with Crippen LogP contribution in [0.4, 0.5) is 5.69 Å². The first-order chi connectivity index (χ1) is 11.2. The Bertz CT molecular complexity index is 843. The Morgan fingerprint density at radius 3 is 2.25 bits per heavy atom. The van der Waals surface area contributed by atoms with Crippen molar-refractivity contribution < 1.29 is 13.2 Å². The number of hydrogen-bond acceptors (Lipinski definition) is 3. The molecule has 24 heavy (non-hydrogen) atoms. The average molecular weight is 346 g/mol. The van der Waals surface area contributed by atoms with E-state index in [9.17, 15) is 13.2 Å². The van der Waals surface area contributed by atoms with Gasteiger partial charge in [0, 0.05) is 5.56 Å². The Hall–Kier alpha value is -2.34. The zero-order chi connectivity index (χ0) is 17.9. The highest BCUT2D eigenvalue weighted by Gasteiger charge is 2.14. The number of sulfonamides is 1. The molecule has 2 aromatic rings. The van der Waals surface area contributed by atoms with Gasteiger partial charge in [-0.2, -0.15) is 0 Å². The van der Waals surface area contributed by atoms with E-state index in [1.54, 1.807) is 25.1 Å². The van der Waals surface area contributed by atoms with Crippen molar-refractivity contribution in [3.05, 3.63) is 64.7 Å². The van der Waals surface area contributed by atoms with Crippen LogP contribution in [0.2, 0.25) is 0 Å². The summed E-state index contributed by atoms with van der Waals surface area (Å²) in [5.74, 6) is -0.250. The van der Waals surface area contributed by atoms with Crippen LogP contribution in [0.5, 0.6) is 0 Å². The van der Waals surface area contributed by atoms with Crippen LogP contribution >= 0.6 is 0 Å². The van der Waals surface area contributed by atoms with Crippen molar-refractivity contribution in [2.24, 2.45) is 0 Å². The molecule has 0 bridgehead atoms. The first kappa shape index (κ1) is 18.0. The van der Waals surface area contributed by atoms with Crippen LogP contribution in [0.25, 0.3) is 0 Å². The molecule has 0 spiro atoms. The van der Waals surface area contributed by atoms with Gasteiger partial charge in [-0.05, 0) is 44.0 Å². The fraction of sp³-hybridized carbons (Fsp3) is 0.278. The van der Waals surface area contributed by atoms with E-state index in [4.69, 9.17) is 0 Å². The largest absolute Gasteiger partial charge is 0.346 e. The van der Waals surface area contributed by atoms with Crippen molar-refractivity contribution in [3.63, 3.8) is 0 Å². The molecule has 0 aliphatic heterocycles. The highest BCUT2D eigenvalue weighted by atomic mass is 32.2. The number of hydrogen-bond donors (Lipinski definition) is 2. The van der Waals surface area contributed by atoms with Crippen molar-refractivity contribution in [3.8, 4) is 0 Å². The summed E-state index contributed by atoms with van der Waals surface area (Å²) in [6, 6.07) is 12.8. The first-order valence-electron chi connectivity index (χ1n) is 7.61. The molecule has 0 fully saturated rings. The van der Waals surface area contributed by atoms with E-state index in [0.717, 1.165) is 22.9 Å². The van der Waals surface area contributed by atoms with Gasteiger partial charge in [0.05, 0.1) is 18.0 Å². The summed E-state index contributed by atoms with van der Waals surface area (Å²) in [5.41, 5.74) is 3.74. The molecular formula is C18H22N2O3S. The number of carbonyl (C=O) groups is 1. The number of nitrogens with one attached hydrogen (secondary N) is 2. The molecule has 0 radical (unpaired) electrons. The van der Waals surface area contributed by atoms with E-state index in [0.29, 0.717) is 11.3 Å². The fourth-order valence-corrected chi connectivity index (χ4v) is 2.91. The van der Waals surface area contributed by atoms with Crippen LogP contribution < -0.4 is 10.0 Å². The highest BCUT2D eigenvalue weighted by molar-refractivity contribution is 7.92. The molecule has 2 aromatic carbocycles. The second kappa shape index (κ2) is 7.05. The van der Waals surface area contributed by atoms with E-state index in [2.05, 4.69) is 10.0 Å². The molecule has 6 heteroatoms. The number of aryl methyl sites for hydroxylation is 2. The van der Waals surface area contributed by atoms with Crippen LogP contribution in [0.15, 0.2) is 42.5 Å². The summed E-state index contributed by atoms with van der Waals surface area (Å²) in [6.07, 6.45) is 1.08. The monoisotopic (exact) mass is 346 g/mol. The van der Waals surface area contributed by atoms with E-state index >= 15 is 0 Å². The standard InChI is InChI=1S/C18H22N2O3S/c1-12-5-8-15(9-6-12)14(3)19-18(21)16-10-7-13(2)17(11-16)20-24(4,22)23/h5-11,14,20H,1-4H3,(H,19,21)/t14-/m0/s1. The van der Waals surface area contributed by atoms with E-state index in [-0.39, 0.29) is 11.9 Å². The first-order valence-corrected chi connectivity index (χ1v) is 9.51. The number of anilines is 1. The fourth-order valence-electron chi connectivity index (χ4n) is 2.29. The Kier molecular flexibility index (Phi) is 5.29. The minimum Gasteiger partial charge on any atom is -0.346 e. The number of carbonyl (C=O) groups excluding carboxylic acids is 1. The smallest absolute Gasteiger partial charge is 0.251 e. The molecule has 0 saturated heterocycles. The zero-order valence-electron chi connectivity index (χ0n) is 14.3. The van der Waals surface area contributed by atoms with Gasteiger partial charge in [-0.3, -0.25) is 9.52 Å².